The lowest BCUT2D eigenvalue weighted by Crippen LogP contribution is -2.21. The third-order valence-electron chi connectivity index (χ3n) is 4.13. The quantitative estimate of drug-likeness (QED) is 0.652. The van der Waals surface area contributed by atoms with Gasteiger partial charge in [0.25, 0.3) is 0 Å². The van der Waals surface area contributed by atoms with Gasteiger partial charge in [0.2, 0.25) is 0 Å². The van der Waals surface area contributed by atoms with E-state index >= 15 is 0 Å². The van der Waals surface area contributed by atoms with E-state index in [-0.39, 0.29) is 0 Å². The molecule has 90 valence electrons. The van der Waals surface area contributed by atoms with Crippen molar-refractivity contribution >= 4 is 0 Å². The predicted octanol–water partition coefficient (Wildman–Crippen LogP) is 5.20. The van der Waals surface area contributed by atoms with Crippen molar-refractivity contribution in [3.8, 4) is 0 Å². The Morgan fingerprint density at radius 1 is 1.12 bits per heavy atom. The van der Waals surface area contributed by atoms with Crippen LogP contribution in [0, 0.1) is 6.92 Å². The Morgan fingerprint density at radius 2 is 1.69 bits per heavy atom. The summed E-state index contributed by atoms with van der Waals surface area (Å²) in [4.78, 5) is 0. The Hall–Kier alpha value is -0.780. The molecule has 16 heavy (non-hydrogen) atoms. The van der Waals surface area contributed by atoms with Crippen LogP contribution in [0.15, 0.2) is 18.2 Å². The number of hydrogen-bond donors (Lipinski definition) is 0. The van der Waals surface area contributed by atoms with E-state index in [2.05, 4.69) is 59.7 Å². The van der Waals surface area contributed by atoms with Gasteiger partial charge < -0.3 is 0 Å². The standard InChI is InChI=1S/C16H26/c1-7-16(6,8-2)15-10-9-14(12(3)4)11-13(15)5/h9-12H,7-8H2,1-6H3. The van der Waals surface area contributed by atoms with Crippen LogP contribution in [-0.2, 0) is 5.41 Å². The van der Waals surface area contributed by atoms with Gasteiger partial charge in [0.05, 0.1) is 0 Å². The molecule has 0 heterocycles. The van der Waals surface area contributed by atoms with Crippen molar-refractivity contribution in [1.82, 2.24) is 0 Å². The van der Waals surface area contributed by atoms with Crippen LogP contribution < -0.4 is 0 Å². The van der Waals surface area contributed by atoms with E-state index in [4.69, 9.17) is 0 Å². The first-order chi connectivity index (χ1) is 7.44. The van der Waals surface area contributed by atoms with Gasteiger partial charge in [-0.15, -0.1) is 0 Å². The Balaban J connectivity index is 3.17. The second kappa shape index (κ2) is 5.03. The minimum Gasteiger partial charge on any atom is -0.0645 e. The highest BCUT2D eigenvalue weighted by atomic mass is 14.3. The molecule has 0 aliphatic heterocycles. The molecule has 0 radical (unpaired) electrons. The van der Waals surface area contributed by atoms with Gasteiger partial charge in [-0.25, -0.2) is 0 Å². The highest BCUT2D eigenvalue weighted by Crippen LogP contribution is 2.34. The topological polar surface area (TPSA) is 0 Å². The predicted molar refractivity (Wildman–Crippen MR) is 73.2 cm³/mol. The first-order valence-corrected chi connectivity index (χ1v) is 6.55. The van der Waals surface area contributed by atoms with Gasteiger partial charge in [-0.1, -0.05) is 52.8 Å². The van der Waals surface area contributed by atoms with Gasteiger partial charge >= 0.3 is 0 Å². The summed E-state index contributed by atoms with van der Waals surface area (Å²) < 4.78 is 0. The fraction of sp³-hybridized carbons (Fsp3) is 0.625. The van der Waals surface area contributed by atoms with Gasteiger partial charge in [0.1, 0.15) is 0 Å². The summed E-state index contributed by atoms with van der Waals surface area (Å²) in [6.07, 6.45) is 2.43. The maximum Gasteiger partial charge on any atom is -0.00779 e. The molecule has 0 aliphatic rings. The zero-order valence-corrected chi connectivity index (χ0v) is 11.7. The molecular weight excluding hydrogens is 192 g/mol. The molecule has 0 unspecified atom stereocenters. The summed E-state index contributed by atoms with van der Waals surface area (Å²) in [5, 5.41) is 0. The largest absolute Gasteiger partial charge is 0.0645 e. The second-order valence-electron chi connectivity index (χ2n) is 5.50. The molecule has 0 bridgehead atoms. The molecule has 0 amide bonds. The molecule has 0 spiro atoms. The molecule has 0 nitrogen and oxygen atoms in total. The Bertz CT molecular complexity index is 343. The van der Waals surface area contributed by atoms with E-state index in [0.717, 1.165) is 0 Å². The second-order valence-corrected chi connectivity index (χ2v) is 5.50. The van der Waals surface area contributed by atoms with Crippen LogP contribution >= 0.6 is 0 Å². The van der Waals surface area contributed by atoms with E-state index in [1.165, 1.54) is 29.5 Å². The monoisotopic (exact) mass is 218 g/mol. The van der Waals surface area contributed by atoms with Gasteiger partial charge in [-0.05, 0) is 47.8 Å². The van der Waals surface area contributed by atoms with Crippen LogP contribution in [-0.4, -0.2) is 0 Å². The van der Waals surface area contributed by atoms with Crippen LogP contribution in [0.1, 0.15) is 70.1 Å². The van der Waals surface area contributed by atoms with Gasteiger partial charge in [-0.3, -0.25) is 0 Å². The lowest BCUT2D eigenvalue weighted by atomic mass is 9.75. The van der Waals surface area contributed by atoms with Crippen molar-refractivity contribution in [2.45, 2.75) is 65.7 Å². The van der Waals surface area contributed by atoms with E-state index < -0.39 is 0 Å². The van der Waals surface area contributed by atoms with E-state index in [1.807, 2.05) is 0 Å². The van der Waals surface area contributed by atoms with Crippen LogP contribution in [0.3, 0.4) is 0 Å². The molecule has 0 aliphatic carbocycles. The summed E-state index contributed by atoms with van der Waals surface area (Å²) >= 11 is 0. The van der Waals surface area contributed by atoms with Gasteiger partial charge in [0.15, 0.2) is 0 Å². The van der Waals surface area contributed by atoms with E-state index in [9.17, 15) is 0 Å². The fourth-order valence-electron chi connectivity index (χ4n) is 2.35. The van der Waals surface area contributed by atoms with Crippen LogP contribution in [0.4, 0.5) is 0 Å². The molecule has 1 rings (SSSR count). The molecule has 0 saturated carbocycles. The highest BCUT2D eigenvalue weighted by Gasteiger charge is 2.23. The van der Waals surface area contributed by atoms with E-state index in [0.29, 0.717) is 11.3 Å². The Morgan fingerprint density at radius 3 is 2.06 bits per heavy atom. The van der Waals surface area contributed by atoms with Crippen LogP contribution in [0.5, 0.6) is 0 Å². The molecule has 1 aromatic rings. The SMILES string of the molecule is CCC(C)(CC)c1ccc(C(C)C)cc1C. The molecular formula is C16H26. The van der Waals surface area contributed by atoms with Gasteiger partial charge in [0, 0.05) is 0 Å². The summed E-state index contributed by atoms with van der Waals surface area (Å²) in [6.45, 7) is 13.7. The summed E-state index contributed by atoms with van der Waals surface area (Å²) in [7, 11) is 0. The number of hydrogen-bond acceptors (Lipinski definition) is 0. The average molecular weight is 218 g/mol. The van der Waals surface area contributed by atoms with Crippen molar-refractivity contribution in [3.63, 3.8) is 0 Å². The lowest BCUT2D eigenvalue weighted by molar-refractivity contribution is 0.436. The van der Waals surface area contributed by atoms with Crippen molar-refractivity contribution in [2.24, 2.45) is 0 Å². The summed E-state index contributed by atoms with van der Waals surface area (Å²) in [6, 6.07) is 7.01. The molecule has 0 aromatic heterocycles. The van der Waals surface area contributed by atoms with Crippen molar-refractivity contribution in [2.75, 3.05) is 0 Å². The number of aryl methyl sites for hydroxylation is 1. The van der Waals surface area contributed by atoms with Crippen molar-refractivity contribution < 1.29 is 0 Å². The van der Waals surface area contributed by atoms with Gasteiger partial charge in [-0.2, -0.15) is 0 Å². The maximum absolute atomic E-state index is 2.38. The lowest BCUT2D eigenvalue weighted by Gasteiger charge is -2.29. The third kappa shape index (κ3) is 2.48. The number of rotatable bonds is 4. The Labute approximate surface area is 101 Å². The first kappa shape index (κ1) is 13.3. The molecule has 0 saturated heterocycles. The van der Waals surface area contributed by atoms with Crippen LogP contribution in [0.25, 0.3) is 0 Å². The average Bonchev–Trinajstić information content (AvgIpc) is 2.27. The van der Waals surface area contributed by atoms with Crippen LogP contribution in [0.2, 0.25) is 0 Å². The molecule has 0 atom stereocenters. The number of benzene rings is 1. The minimum absolute atomic E-state index is 0.347. The normalized spacial score (nSPS) is 12.2. The zero-order valence-electron chi connectivity index (χ0n) is 11.7. The maximum atomic E-state index is 2.38. The third-order valence-corrected chi connectivity index (χ3v) is 4.13. The smallest absolute Gasteiger partial charge is 0.00779 e. The van der Waals surface area contributed by atoms with Crippen molar-refractivity contribution in [1.29, 1.82) is 0 Å². The minimum atomic E-state index is 0.347. The molecule has 1 aromatic carbocycles. The van der Waals surface area contributed by atoms with Crippen molar-refractivity contribution in [3.05, 3.63) is 34.9 Å². The first-order valence-electron chi connectivity index (χ1n) is 6.55. The molecule has 0 N–H and O–H groups in total. The summed E-state index contributed by atoms with van der Waals surface area (Å²) in [5.41, 5.74) is 4.79. The van der Waals surface area contributed by atoms with E-state index in [1.54, 1.807) is 0 Å². The Kier molecular flexibility index (Phi) is 4.18. The molecule has 0 heteroatoms. The summed E-state index contributed by atoms with van der Waals surface area (Å²) in [5.74, 6) is 0.627. The zero-order chi connectivity index (χ0) is 12.3. The molecule has 0 fully saturated rings. The fourth-order valence-corrected chi connectivity index (χ4v) is 2.35. The highest BCUT2D eigenvalue weighted by molar-refractivity contribution is 5.37.